The largest absolute Gasteiger partial charge is 0.496 e. The highest BCUT2D eigenvalue weighted by Gasteiger charge is 2.41. The SMILES string of the molecule is COc1ccccc1CNC(=O)[C@@H]1OCO[C@H]1C(=O)N[C@@H](Cc1ccc(OCc2c(Cl)cccc2Cl)cc1)C(=O)O. The Hall–Kier alpha value is -3.83. The van der Waals surface area contributed by atoms with Crippen molar-refractivity contribution in [1.29, 1.82) is 0 Å². The van der Waals surface area contributed by atoms with E-state index < -0.39 is 36.0 Å². The van der Waals surface area contributed by atoms with Crippen LogP contribution < -0.4 is 20.1 Å². The molecule has 3 aromatic rings. The number of rotatable bonds is 12. The predicted molar refractivity (Wildman–Crippen MR) is 150 cm³/mol. The summed E-state index contributed by atoms with van der Waals surface area (Å²) in [7, 11) is 1.52. The number of carboxylic acid groups (broad SMARTS) is 1. The van der Waals surface area contributed by atoms with Crippen LogP contribution in [-0.2, 0) is 43.4 Å². The number of aliphatic carboxylic acids is 1. The van der Waals surface area contributed by atoms with Gasteiger partial charge in [0, 0.05) is 34.1 Å². The van der Waals surface area contributed by atoms with Gasteiger partial charge in [-0.2, -0.15) is 0 Å². The molecular weight excluding hydrogens is 575 g/mol. The molecule has 41 heavy (non-hydrogen) atoms. The van der Waals surface area contributed by atoms with Crippen LogP contribution in [0.3, 0.4) is 0 Å². The summed E-state index contributed by atoms with van der Waals surface area (Å²) in [5.41, 5.74) is 2.02. The quantitative estimate of drug-likeness (QED) is 0.285. The number of methoxy groups -OCH3 is 1. The second kappa shape index (κ2) is 14.2. The lowest BCUT2D eigenvalue weighted by atomic mass is 10.0. The molecule has 1 heterocycles. The molecule has 4 rings (SSSR count). The van der Waals surface area contributed by atoms with Gasteiger partial charge in [-0.1, -0.05) is 59.6 Å². The van der Waals surface area contributed by atoms with Crippen LogP contribution in [0.5, 0.6) is 11.5 Å². The molecule has 2 amide bonds. The van der Waals surface area contributed by atoms with Gasteiger partial charge in [0.1, 0.15) is 30.9 Å². The first kappa shape index (κ1) is 30.1. The van der Waals surface area contributed by atoms with Crippen LogP contribution in [0, 0.1) is 0 Å². The van der Waals surface area contributed by atoms with Gasteiger partial charge in [0.25, 0.3) is 11.8 Å². The Bertz CT molecular complexity index is 1370. The minimum atomic E-state index is -1.32. The highest BCUT2D eigenvalue weighted by atomic mass is 35.5. The van der Waals surface area contributed by atoms with Crippen molar-refractivity contribution in [2.45, 2.75) is 37.8 Å². The molecule has 1 fully saturated rings. The molecule has 3 N–H and O–H groups in total. The van der Waals surface area contributed by atoms with E-state index in [1.54, 1.807) is 66.7 Å². The van der Waals surface area contributed by atoms with Crippen LogP contribution in [0.1, 0.15) is 16.7 Å². The van der Waals surface area contributed by atoms with Gasteiger partial charge in [-0.15, -0.1) is 0 Å². The van der Waals surface area contributed by atoms with E-state index in [-0.39, 0.29) is 26.4 Å². The van der Waals surface area contributed by atoms with Gasteiger partial charge in [-0.25, -0.2) is 4.79 Å². The van der Waals surface area contributed by atoms with E-state index in [2.05, 4.69) is 10.6 Å². The van der Waals surface area contributed by atoms with Gasteiger partial charge in [-0.05, 0) is 35.9 Å². The maximum absolute atomic E-state index is 12.9. The number of amides is 2. The Morgan fingerprint density at radius 2 is 1.61 bits per heavy atom. The van der Waals surface area contributed by atoms with Crippen LogP contribution >= 0.6 is 23.2 Å². The normalized spacial score (nSPS) is 17.0. The van der Waals surface area contributed by atoms with Gasteiger partial charge in [-0.3, -0.25) is 9.59 Å². The highest BCUT2D eigenvalue weighted by molar-refractivity contribution is 6.35. The summed E-state index contributed by atoms with van der Waals surface area (Å²) < 4.78 is 21.7. The van der Waals surface area contributed by atoms with Crippen molar-refractivity contribution in [1.82, 2.24) is 10.6 Å². The number of benzene rings is 3. The fourth-order valence-corrected chi connectivity index (χ4v) is 4.66. The number of halogens is 2. The Morgan fingerprint density at radius 1 is 0.951 bits per heavy atom. The minimum Gasteiger partial charge on any atom is -0.496 e. The van der Waals surface area contributed by atoms with E-state index >= 15 is 0 Å². The third kappa shape index (κ3) is 7.89. The average molecular weight is 603 g/mol. The predicted octanol–water partition coefficient (Wildman–Crippen LogP) is 3.75. The number of hydrogen-bond donors (Lipinski definition) is 3. The van der Waals surface area contributed by atoms with Gasteiger partial charge < -0.3 is 34.7 Å². The molecule has 3 aromatic carbocycles. The number of carbonyl (C=O) groups is 3. The number of hydrogen-bond acceptors (Lipinski definition) is 7. The van der Waals surface area contributed by atoms with Crippen molar-refractivity contribution in [3.8, 4) is 11.5 Å². The van der Waals surface area contributed by atoms with Crippen LogP contribution in [0.4, 0.5) is 0 Å². The summed E-state index contributed by atoms with van der Waals surface area (Å²) in [5.74, 6) is -1.47. The van der Waals surface area contributed by atoms with Crippen molar-refractivity contribution in [2.24, 2.45) is 0 Å². The van der Waals surface area contributed by atoms with Crippen molar-refractivity contribution >= 4 is 41.0 Å². The highest BCUT2D eigenvalue weighted by Crippen LogP contribution is 2.26. The van der Waals surface area contributed by atoms with Gasteiger partial charge in [0.05, 0.1) is 7.11 Å². The molecule has 12 heteroatoms. The summed E-state index contributed by atoms with van der Waals surface area (Å²) >= 11 is 12.4. The number of carboxylic acids is 1. The second-order valence-electron chi connectivity index (χ2n) is 9.06. The molecule has 0 aromatic heterocycles. The van der Waals surface area contributed by atoms with E-state index in [1.807, 2.05) is 0 Å². The first-order valence-electron chi connectivity index (χ1n) is 12.6. The molecular formula is C29H28Cl2N2O8. The molecule has 216 valence electrons. The smallest absolute Gasteiger partial charge is 0.326 e. The summed E-state index contributed by atoms with van der Waals surface area (Å²) in [6, 6.07) is 17.8. The number of carbonyl (C=O) groups excluding carboxylic acids is 2. The van der Waals surface area contributed by atoms with Crippen molar-refractivity contribution in [3.63, 3.8) is 0 Å². The van der Waals surface area contributed by atoms with E-state index in [9.17, 15) is 19.5 Å². The number of nitrogens with one attached hydrogen (secondary N) is 2. The molecule has 0 radical (unpaired) electrons. The molecule has 0 aliphatic carbocycles. The van der Waals surface area contributed by atoms with E-state index in [0.29, 0.717) is 32.7 Å². The molecule has 3 atom stereocenters. The molecule has 0 spiro atoms. The van der Waals surface area contributed by atoms with Gasteiger partial charge in [0.15, 0.2) is 12.2 Å². The lowest BCUT2D eigenvalue weighted by Gasteiger charge is -2.20. The Kier molecular flexibility index (Phi) is 10.4. The number of ether oxygens (including phenoxy) is 4. The van der Waals surface area contributed by atoms with Crippen LogP contribution in [0.2, 0.25) is 10.0 Å². The summed E-state index contributed by atoms with van der Waals surface area (Å²) in [6.45, 7) is 0.00608. The molecule has 0 bridgehead atoms. The lowest BCUT2D eigenvalue weighted by molar-refractivity contribution is -0.144. The van der Waals surface area contributed by atoms with E-state index in [0.717, 1.165) is 5.56 Å². The Labute approximate surface area is 246 Å². The topological polar surface area (TPSA) is 132 Å². The fraction of sp³-hybridized carbons (Fsp3) is 0.276. The van der Waals surface area contributed by atoms with Crippen LogP contribution in [0.25, 0.3) is 0 Å². The minimum absolute atomic E-state index is 0.0179. The molecule has 10 nitrogen and oxygen atoms in total. The molecule has 0 unspecified atom stereocenters. The molecule has 0 saturated carbocycles. The fourth-order valence-electron chi connectivity index (χ4n) is 4.16. The van der Waals surface area contributed by atoms with Crippen molar-refractivity contribution in [2.75, 3.05) is 13.9 Å². The Morgan fingerprint density at radius 3 is 2.27 bits per heavy atom. The first-order chi connectivity index (χ1) is 19.8. The molecule has 1 saturated heterocycles. The monoisotopic (exact) mass is 602 g/mol. The third-order valence-corrected chi connectivity index (χ3v) is 7.06. The lowest BCUT2D eigenvalue weighted by Crippen LogP contribution is -2.52. The zero-order valence-corrected chi connectivity index (χ0v) is 23.5. The molecule has 1 aliphatic heterocycles. The van der Waals surface area contributed by atoms with E-state index in [4.69, 9.17) is 42.1 Å². The number of para-hydroxylation sites is 1. The zero-order valence-electron chi connectivity index (χ0n) is 22.0. The summed E-state index contributed by atoms with van der Waals surface area (Å²) in [6.07, 6.45) is -2.58. The van der Waals surface area contributed by atoms with Crippen molar-refractivity contribution < 1.29 is 38.4 Å². The zero-order chi connectivity index (χ0) is 29.4. The summed E-state index contributed by atoms with van der Waals surface area (Å²) in [4.78, 5) is 37.7. The van der Waals surface area contributed by atoms with Crippen LogP contribution in [-0.4, -0.2) is 55.0 Å². The van der Waals surface area contributed by atoms with E-state index in [1.165, 1.54) is 7.11 Å². The third-order valence-electron chi connectivity index (χ3n) is 6.36. The Balaban J connectivity index is 1.32. The molecule has 1 aliphatic rings. The van der Waals surface area contributed by atoms with Crippen molar-refractivity contribution in [3.05, 3.63) is 93.5 Å². The maximum atomic E-state index is 12.9. The maximum Gasteiger partial charge on any atom is 0.326 e. The van der Waals surface area contributed by atoms with Crippen LogP contribution in [0.15, 0.2) is 66.7 Å². The summed E-state index contributed by atoms with van der Waals surface area (Å²) in [5, 5.41) is 15.9. The second-order valence-corrected chi connectivity index (χ2v) is 9.87. The average Bonchev–Trinajstić information content (AvgIpc) is 3.47. The van der Waals surface area contributed by atoms with Gasteiger partial charge in [0.2, 0.25) is 0 Å². The standard InChI is InChI=1S/C29H28Cl2N2O8/c1-38-24-8-3-2-5-18(24)14-32-27(34)25-26(41-16-40-25)28(35)33-23(29(36)37)13-17-9-11-19(12-10-17)39-15-20-21(30)6-4-7-22(20)31/h2-12,23,25-26H,13-16H2,1H3,(H,32,34)(H,33,35)(H,36,37)/t23-,25+,26+/m0/s1. The first-order valence-corrected chi connectivity index (χ1v) is 13.3. The van der Waals surface area contributed by atoms with Gasteiger partial charge >= 0.3 is 5.97 Å².